The molecule has 4 nitrogen and oxygen atoms in total. The molecule has 0 atom stereocenters. The van der Waals surface area contributed by atoms with E-state index >= 15 is 0 Å². The number of hydrogen-bond donors (Lipinski definition) is 2. The standard InChI is InChI=1S/C12H18N2O2/c1-9-3-4-10(16-9)7-14-11(15)12(5-6-12)8-13-2/h3-4,13H,5-8H2,1-2H3,(H,14,15). The zero-order chi connectivity index (χ0) is 11.6. The molecule has 0 aliphatic heterocycles. The Bertz CT molecular complexity index is 380. The molecule has 2 rings (SSSR count). The molecule has 4 heteroatoms. The maximum atomic E-state index is 11.9. The molecule has 0 unspecified atom stereocenters. The average molecular weight is 222 g/mol. The molecule has 16 heavy (non-hydrogen) atoms. The van der Waals surface area contributed by atoms with Crippen LogP contribution in [0.5, 0.6) is 0 Å². The van der Waals surface area contributed by atoms with Gasteiger partial charge in [-0.3, -0.25) is 4.79 Å². The minimum absolute atomic E-state index is 0.135. The van der Waals surface area contributed by atoms with E-state index in [4.69, 9.17) is 4.42 Å². The molecule has 0 bridgehead atoms. The molecule has 0 saturated heterocycles. The summed E-state index contributed by atoms with van der Waals surface area (Å²) in [6.07, 6.45) is 1.97. The second kappa shape index (κ2) is 4.29. The maximum Gasteiger partial charge on any atom is 0.227 e. The monoisotopic (exact) mass is 222 g/mol. The van der Waals surface area contributed by atoms with Crippen LogP contribution in [0.4, 0.5) is 0 Å². The highest BCUT2D eigenvalue weighted by atomic mass is 16.3. The largest absolute Gasteiger partial charge is 0.465 e. The van der Waals surface area contributed by atoms with Crippen molar-refractivity contribution >= 4 is 5.91 Å². The third kappa shape index (κ3) is 2.27. The molecule has 1 fully saturated rings. The van der Waals surface area contributed by atoms with Gasteiger partial charge in [-0.1, -0.05) is 0 Å². The molecule has 1 amide bonds. The van der Waals surface area contributed by atoms with Crippen LogP contribution in [0.3, 0.4) is 0 Å². The highest BCUT2D eigenvalue weighted by Gasteiger charge is 2.48. The Hall–Kier alpha value is -1.29. The van der Waals surface area contributed by atoms with E-state index in [9.17, 15) is 4.79 Å². The van der Waals surface area contributed by atoms with Crippen molar-refractivity contribution in [3.63, 3.8) is 0 Å². The van der Waals surface area contributed by atoms with Crippen molar-refractivity contribution in [1.29, 1.82) is 0 Å². The molecular formula is C12H18N2O2. The topological polar surface area (TPSA) is 54.3 Å². The minimum atomic E-state index is -0.156. The van der Waals surface area contributed by atoms with Gasteiger partial charge in [0.1, 0.15) is 11.5 Å². The Morgan fingerprint density at radius 1 is 1.50 bits per heavy atom. The van der Waals surface area contributed by atoms with E-state index in [1.807, 2.05) is 26.1 Å². The predicted octanol–water partition coefficient (Wildman–Crippen LogP) is 1.20. The zero-order valence-electron chi connectivity index (χ0n) is 9.80. The fraction of sp³-hybridized carbons (Fsp3) is 0.583. The Balaban J connectivity index is 1.84. The van der Waals surface area contributed by atoms with Gasteiger partial charge in [0.15, 0.2) is 0 Å². The summed E-state index contributed by atoms with van der Waals surface area (Å²) in [7, 11) is 1.88. The summed E-state index contributed by atoms with van der Waals surface area (Å²) in [6.45, 7) is 3.14. The van der Waals surface area contributed by atoms with Crippen molar-refractivity contribution < 1.29 is 9.21 Å². The van der Waals surface area contributed by atoms with E-state index in [2.05, 4.69) is 10.6 Å². The summed E-state index contributed by atoms with van der Waals surface area (Å²) in [6, 6.07) is 3.80. The van der Waals surface area contributed by atoms with E-state index in [1.54, 1.807) is 0 Å². The minimum Gasteiger partial charge on any atom is -0.465 e. The van der Waals surface area contributed by atoms with E-state index in [0.29, 0.717) is 6.54 Å². The molecule has 1 saturated carbocycles. The van der Waals surface area contributed by atoms with Gasteiger partial charge < -0.3 is 15.1 Å². The van der Waals surface area contributed by atoms with Crippen LogP contribution in [0.2, 0.25) is 0 Å². The molecular weight excluding hydrogens is 204 g/mol. The third-order valence-corrected chi connectivity index (χ3v) is 3.07. The molecule has 1 heterocycles. The van der Waals surface area contributed by atoms with Gasteiger partial charge in [0.25, 0.3) is 0 Å². The fourth-order valence-corrected chi connectivity index (χ4v) is 1.91. The highest BCUT2D eigenvalue weighted by molar-refractivity contribution is 5.85. The lowest BCUT2D eigenvalue weighted by Crippen LogP contribution is -2.37. The van der Waals surface area contributed by atoms with Crippen LogP contribution >= 0.6 is 0 Å². The summed E-state index contributed by atoms with van der Waals surface area (Å²) >= 11 is 0. The van der Waals surface area contributed by atoms with E-state index in [1.165, 1.54) is 0 Å². The van der Waals surface area contributed by atoms with Crippen LogP contribution in [0.15, 0.2) is 16.5 Å². The first kappa shape index (κ1) is 11.2. The number of nitrogens with one attached hydrogen (secondary N) is 2. The normalized spacial score (nSPS) is 17.1. The van der Waals surface area contributed by atoms with Crippen molar-refractivity contribution in [3.8, 4) is 0 Å². The molecule has 2 N–H and O–H groups in total. The van der Waals surface area contributed by atoms with E-state index in [0.717, 1.165) is 30.9 Å². The van der Waals surface area contributed by atoms with Crippen LogP contribution in [0.1, 0.15) is 24.4 Å². The number of amides is 1. The number of aryl methyl sites for hydroxylation is 1. The summed E-state index contributed by atoms with van der Waals surface area (Å²) in [4.78, 5) is 11.9. The number of rotatable bonds is 5. The molecule has 1 aliphatic carbocycles. The van der Waals surface area contributed by atoms with Crippen LogP contribution in [0, 0.1) is 12.3 Å². The van der Waals surface area contributed by atoms with Crippen LogP contribution in [0.25, 0.3) is 0 Å². The molecule has 88 valence electrons. The number of furan rings is 1. The van der Waals surface area contributed by atoms with Crippen molar-refractivity contribution in [2.75, 3.05) is 13.6 Å². The Morgan fingerprint density at radius 2 is 2.25 bits per heavy atom. The van der Waals surface area contributed by atoms with Crippen LogP contribution in [-0.2, 0) is 11.3 Å². The van der Waals surface area contributed by atoms with E-state index in [-0.39, 0.29) is 11.3 Å². The second-order valence-electron chi connectivity index (χ2n) is 4.51. The highest BCUT2D eigenvalue weighted by Crippen LogP contribution is 2.45. The first-order valence-electron chi connectivity index (χ1n) is 5.64. The SMILES string of the molecule is CNCC1(C(=O)NCc2ccc(C)o2)CC1. The quantitative estimate of drug-likeness (QED) is 0.787. The zero-order valence-corrected chi connectivity index (χ0v) is 9.80. The van der Waals surface area contributed by atoms with Crippen molar-refractivity contribution in [3.05, 3.63) is 23.7 Å². The lowest BCUT2D eigenvalue weighted by molar-refractivity contribution is -0.126. The lowest BCUT2D eigenvalue weighted by Gasteiger charge is -2.13. The number of carbonyl (C=O) groups excluding carboxylic acids is 1. The third-order valence-electron chi connectivity index (χ3n) is 3.07. The van der Waals surface area contributed by atoms with Gasteiger partial charge >= 0.3 is 0 Å². The Morgan fingerprint density at radius 3 is 2.75 bits per heavy atom. The fourth-order valence-electron chi connectivity index (χ4n) is 1.91. The molecule has 0 radical (unpaired) electrons. The summed E-state index contributed by atoms with van der Waals surface area (Å²) < 4.78 is 5.40. The molecule has 1 aliphatic rings. The van der Waals surface area contributed by atoms with Gasteiger partial charge in [-0.2, -0.15) is 0 Å². The second-order valence-corrected chi connectivity index (χ2v) is 4.51. The van der Waals surface area contributed by atoms with Crippen LogP contribution < -0.4 is 10.6 Å². The van der Waals surface area contributed by atoms with Crippen molar-refractivity contribution in [2.24, 2.45) is 5.41 Å². The first-order valence-corrected chi connectivity index (χ1v) is 5.64. The van der Waals surface area contributed by atoms with Crippen LogP contribution in [-0.4, -0.2) is 19.5 Å². The van der Waals surface area contributed by atoms with Gasteiger partial charge in [0.05, 0.1) is 12.0 Å². The van der Waals surface area contributed by atoms with Crippen molar-refractivity contribution in [1.82, 2.24) is 10.6 Å². The maximum absolute atomic E-state index is 11.9. The van der Waals surface area contributed by atoms with Gasteiger partial charge in [0.2, 0.25) is 5.91 Å². The Labute approximate surface area is 95.4 Å². The first-order chi connectivity index (χ1) is 7.66. The Kier molecular flexibility index (Phi) is 3.01. The van der Waals surface area contributed by atoms with Crippen molar-refractivity contribution in [2.45, 2.75) is 26.3 Å². The number of hydrogen-bond acceptors (Lipinski definition) is 3. The smallest absolute Gasteiger partial charge is 0.227 e. The van der Waals surface area contributed by atoms with Gasteiger partial charge in [0, 0.05) is 6.54 Å². The van der Waals surface area contributed by atoms with E-state index < -0.39 is 0 Å². The molecule has 1 aromatic rings. The average Bonchev–Trinajstić information content (AvgIpc) is 2.92. The summed E-state index contributed by atoms with van der Waals surface area (Å²) in [5.74, 6) is 1.82. The summed E-state index contributed by atoms with van der Waals surface area (Å²) in [5, 5.41) is 6.00. The molecule has 0 aromatic carbocycles. The van der Waals surface area contributed by atoms with Gasteiger partial charge in [-0.05, 0) is 38.9 Å². The molecule has 1 aromatic heterocycles. The lowest BCUT2D eigenvalue weighted by atomic mass is 10.1. The number of carbonyl (C=O) groups is 1. The van der Waals surface area contributed by atoms with Gasteiger partial charge in [-0.25, -0.2) is 0 Å². The van der Waals surface area contributed by atoms with Gasteiger partial charge in [-0.15, -0.1) is 0 Å². The molecule has 0 spiro atoms. The predicted molar refractivity (Wildman–Crippen MR) is 60.9 cm³/mol. The summed E-state index contributed by atoms with van der Waals surface area (Å²) in [5.41, 5.74) is -0.156.